The highest BCUT2D eigenvalue weighted by Gasteiger charge is 2.30. The first-order valence-corrected chi connectivity index (χ1v) is 10.8. The summed E-state index contributed by atoms with van der Waals surface area (Å²) < 4.78 is 18.4. The summed E-state index contributed by atoms with van der Waals surface area (Å²) in [6, 6.07) is 3.86. The number of ether oxygens (including phenoxy) is 1. The zero-order valence-corrected chi connectivity index (χ0v) is 19.4. The van der Waals surface area contributed by atoms with Crippen molar-refractivity contribution in [2.24, 2.45) is 17.5 Å². The van der Waals surface area contributed by atoms with Crippen LogP contribution < -0.4 is 11.6 Å². The van der Waals surface area contributed by atoms with E-state index in [2.05, 4.69) is 17.5 Å². The fourth-order valence-corrected chi connectivity index (χ4v) is 3.51. The molecule has 2 atom stereocenters. The minimum atomic E-state index is -0.441. The number of hydrogen-bond donors (Lipinski definition) is 2. The molecule has 180 valence electrons. The van der Waals surface area contributed by atoms with Gasteiger partial charge in [-0.15, -0.1) is 0 Å². The SMILES string of the molecule is C/C=C(/F)C(C)N1CCC(CC#N)CC1.C=C/C=C/N1CC(CN(N)/C=C(\N)C#N)OC1=O. The monoisotopic (exact) mass is 459 g/mol. The van der Waals surface area contributed by atoms with E-state index in [1.165, 1.54) is 22.2 Å². The summed E-state index contributed by atoms with van der Waals surface area (Å²) in [4.78, 5) is 15.0. The number of hydrazine groups is 1. The van der Waals surface area contributed by atoms with E-state index in [0.29, 0.717) is 18.9 Å². The van der Waals surface area contributed by atoms with E-state index in [1.807, 2.05) is 6.92 Å². The number of rotatable bonds is 8. The highest BCUT2D eigenvalue weighted by Crippen LogP contribution is 2.23. The number of likely N-dealkylation sites (tertiary alicyclic amines) is 1. The molecule has 2 unspecified atom stereocenters. The fourth-order valence-electron chi connectivity index (χ4n) is 3.51. The van der Waals surface area contributed by atoms with Crippen LogP contribution in [0.25, 0.3) is 0 Å². The summed E-state index contributed by atoms with van der Waals surface area (Å²) in [7, 11) is 0. The van der Waals surface area contributed by atoms with Crippen LogP contribution in [0.1, 0.15) is 33.1 Å². The number of nitrogens with zero attached hydrogens (tertiary/aromatic N) is 5. The topological polar surface area (TPSA) is 136 Å². The molecule has 10 heteroatoms. The van der Waals surface area contributed by atoms with Crippen molar-refractivity contribution >= 4 is 6.09 Å². The Labute approximate surface area is 195 Å². The summed E-state index contributed by atoms with van der Waals surface area (Å²) in [6.45, 7) is 9.61. The van der Waals surface area contributed by atoms with Crippen LogP contribution in [0.15, 0.2) is 48.7 Å². The maximum Gasteiger partial charge on any atom is 0.414 e. The first kappa shape index (κ1) is 27.7. The number of halogens is 1. The minimum Gasteiger partial charge on any atom is -0.442 e. The number of cyclic esters (lactones) is 1. The molecule has 0 aliphatic carbocycles. The molecule has 9 nitrogen and oxygen atoms in total. The van der Waals surface area contributed by atoms with E-state index in [4.69, 9.17) is 26.8 Å². The third kappa shape index (κ3) is 9.77. The molecule has 2 saturated heterocycles. The van der Waals surface area contributed by atoms with E-state index in [1.54, 1.807) is 31.3 Å². The van der Waals surface area contributed by atoms with Gasteiger partial charge < -0.3 is 15.5 Å². The standard InChI is InChI=1S/C12H19FN2.C11H15N5O2/c1-3-12(13)10(2)15-8-5-11(4-7-14)6-9-15;1-2-3-4-15-7-10(18-11(15)17)8-16(14)6-9(13)5-12/h3,10-11H,4-6,8-9H2,1-2H3;2-4,6,10H,1,7-8,13-14H2/b12-3+;4-3+,9-6-. The third-order valence-corrected chi connectivity index (χ3v) is 5.40. The van der Waals surface area contributed by atoms with Crippen molar-refractivity contribution in [3.05, 3.63) is 48.7 Å². The first-order chi connectivity index (χ1) is 15.7. The average Bonchev–Trinajstić information content (AvgIpc) is 3.15. The Morgan fingerprint density at radius 1 is 1.42 bits per heavy atom. The van der Waals surface area contributed by atoms with Crippen molar-refractivity contribution in [1.29, 1.82) is 10.5 Å². The number of carbonyl (C=O) groups excluding carboxylic acids is 1. The summed E-state index contributed by atoms with van der Waals surface area (Å²) in [5.74, 6) is 6.08. The molecule has 0 aromatic rings. The van der Waals surface area contributed by atoms with Crippen molar-refractivity contribution < 1.29 is 13.9 Å². The molecule has 0 spiro atoms. The van der Waals surface area contributed by atoms with E-state index < -0.39 is 6.09 Å². The minimum absolute atomic E-state index is 0.00904. The molecule has 2 aliphatic rings. The first-order valence-electron chi connectivity index (χ1n) is 10.8. The Morgan fingerprint density at radius 3 is 2.64 bits per heavy atom. The number of carbonyl (C=O) groups is 1. The molecule has 2 fully saturated rings. The Hall–Kier alpha value is -3.34. The lowest BCUT2D eigenvalue weighted by Gasteiger charge is -2.34. The summed E-state index contributed by atoms with van der Waals surface area (Å²) in [5.41, 5.74) is 5.30. The maximum atomic E-state index is 13.3. The van der Waals surface area contributed by atoms with Gasteiger partial charge in [-0.2, -0.15) is 10.5 Å². The van der Waals surface area contributed by atoms with Crippen LogP contribution in [0, 0.1) is 28.6 Å². The van der Waals surface area contributed by atoms with Gasteiger partial charge in [-0.1, -0.05) is 18.7 Å². The summed E-state index contributed by atoms with van der Waals surface area (Å²) in [5, 5.41) is 18.3. The van der Waals surface area contributed by atoms with Crippen LogP contribution in [0.3, 0.4) is 0 Å². The molecule has 2 rings (SSSR count). The maximum absolute atomic E-state index is 13.3. The second kappa shape index (κ2) is 14.7. The van der Waals surface area contributed by atoms with Crippen molar-refractivity contribution in [2.45, 2.75) is 45.3 Å². The summed E-state index contributed by atoms with van der Waals surface area (Å²) in [6.07, 6.45) is 9.47. The van der Waals surface area contributed by atoms with Crippen LogP contribution in [0.4, 0.5) is 9.18 Å². The van der Waals surface area contributed by atoms with Crippen molar-refractivity contribution in [3.63, 3.8) is 0 Å². The molecule has 2 aliphatic heterocycles. The molecular weight excluding hydrogens is 425 g/mol. The lowest BCUT2D eigenvalue weighted by Crippen LogP contribution is -2.40. The highest BCUT2D eigenvalue weighted by atomic mass is 19.1. The number of nitriles is 2. The van der Waals surface area contributed by atoms with Gasteiger partial charge in [-0.25, -0.2) is 15.0 Å². The van der Waals surface area contributed by atoms with E-state index in [9.17, 15) is 9.18 Å². The van der Waals surface area contributed by atoms with Crippen LogP contribution in [-0.2, 0) is 4.74 Å². The van der Waals surface area contributed by atoms with Crippen LogP contribution in [-0.4, -0.2) is 59.2 Å². The number of allylic oxidation sites excluding steroid dienone is 4. The van der Waals surface area contributed by atoms with Crippen molar-refractivity contribution in [2.75, 3.05) is 26.2 Å². The van der Waals surface area contributed by atoms with Gasteiger partial charge in [-0.3, -0.25) is 9.80 Å². The lowest BCUT2D eigenvalue weighted by atomic mass is 9.93. The smallest absolute Gasteiger partial charge is 0.414 e. The largest absolute Gasteiger partial charge is 0.442 e. The van der Waals surface area contributed by atoms with Gasteiger partial charge in [0, 0.05) is 18.8 Å². The quantitative estimate of drug-likeness (QED) is 0.245. The fraction of sp³-hybridized carbons (Fsp3) is 0.522. The van der Waals surface area contributed by atoms with Crippen LogP contribution >= 0.6 is 0 Å². The molecule has 0 aromatic heterocycles. The van der Waals surface area contributed by atoms with Gasteiger partial charge in [0.15, 0.2) is 0 Å². The molecule has 0 radical (unpaired) electrons. The Balaban J connectivity index is 0.000000335. The van der Waals surface area contributed by atoms with Crippen LogP contribution in [0.5, 0.6) is 0 Å². The second-order valence-electron chi connectivity index (χ2n) is 7.82. The van der Waals surface area contributed by atoms with Gasteiger partial charge in [0.25, 0.3) is 0 Å². The Morgan fingerprint density at radius 2 is 2.09 bits per heavy atom. The van der Waals surface area contributed by atoms with Gasteiger partial charge in [-0.05, 0) is 51.8 Å². The number of nitrogens with two attached hydrogens (primary N) is 2. The lowest BCUT2D eigenvalue weighted by molar-refractivity contribution is 0.119. The van der Waals surface area contributed by atoms with Gasteiger partial charge in [0.1, 0.15) is 23.7 Å². The molecule has 4 N–H and O–H groups in total. The number of amides is 1. The van der Waals surface area contributed by atoms with Gasteiger partial charge >= 0.3 is 6.09 Å². The number of hydrogen-bond acceptors (Lipinski definition) is 8. The Bertz CT molecular complexity index is 820. The zero-order valence-electron chi connectivity index (χ0n) is 19.4. The van der Waals surface area contributed by atoms with Gasteiger partial charge in [0.05, 0.1) is 25.2 Å². The van der Waals surface area contributed by atoms with Crippen molar-refractivity contribution in [3.8, 4) is 12.1 Å². The predicted molar refractivity (Wildman–Crippen MR) is 124 cm³/mol. The van der Waals surface area contributed by atoms with E-state index >= 15 is 0 Å². The molecular formula is C23H34FN7O2. The number of piperidine rings is 1. The van der Waals surface area contributed by atoms with E-state index in [0.717, 1.165) is 25.9 Å². The predicted octanol–water partition coefficient (Wildman–Crippen LogP) is 2.88. The molecule has 0 aromatic carbocycles. The second-order valence-corrected chi connectivity index (χ2v) is 7.82. The molecule has 0 bridgehead atoms. The summed E-state index contributed by atoms with van der Waals surface area (Å²) >= 11 is 0. The molecule has 33 heavy (non-hydrogen) atoms. The van der Waals surface area contributed by atoms with E-state index in [-0.39, 0.29) is 30.2 Å². The molecule has 0 saturated carbocycles. The van der Waals surface area contributed by atoms with Crippen molar-refractivity contribution in [1.82, 2.24) is 14.8 Å². The van der Waals surface area contributed by atoms with Crippen LogP contribution in [0.2, 0.25) is 0 Å². The Kier molecular flexibility index (Phi) is 12.3. The highest BCUT2D eigenvalue weighted by molar-refractivity contribution is 5.71. The third-order valence-electron chi connectivity index (χ3n) is 5.40. The zero-order chi connectivity index (χ0) is 24.8. The average molecular weight is 460 g/mol. The molecule has 2 heterocycles. The molecule has 1 amide bonds. The normalized spacial score (nSPS) is 21.0. The van der Waals surface area contributed by atoms with Gasteiger partial charge in [0.2, 0.25) is 0 Å².